The first kappa shape index (κ1) is 8.29. The molecule has 0 saturated heterocycles. The van der Waals surface area contributed by atoms with E-state index in [4.69, 9.17) is 5.11 Å². The molecule has 0 aromatic rings. The normalized spacial score (nSPS) is 16.2. The molecule has 0 radical (unpaired) electrons. The van der Waals surface area contributed by atoms with Crippen LogP contribution in [0, 0.1) is 0 Å². The Hall–Kier alpha value is -0.710. The average molecular weight is 149 g/mol. The van der Waals surface area contributed by atoms with Crippen LogP contribution in [0.1, 0.15) is 6.92 Å². The van der Waals surface area contributed by atoms with Gasteiger partial charge in [0.15, 0.2) is 4.75 Å². The molecule has 1 unspecified atom stereocenters. The van der Waals surface area contributed by atoms with Crippen molar-refractivity contribution in [2.45, 2.75) is 11.7 Å². The van der Waals surface area contributed by atoms with Gasteiger partial charge in [0.05, 0.1) is 0 Å². The molecule has 3 N–H and O–H groups in total. The summed E-state index contributed by atoms with van der Waals surface area (Å²) in [7, 11) is 0. The molecule has 0 fully saturated rings. The lowest BCUT2D eigenvalue weighted by molar-refractivity contribution is -0.142. The zero-order chi connectivity index (χ0) is 7.65. The molecule has 0 aliphatic carbocycles. The second-order valence-electron chi connectivity index (χ2n) is 1.74. The number of nitrogens with two attached hydrogens (primary N) is 1. The van der Waals surface area contributed by atoms with Crippen molar-refractivity contribution in [3.05, 3.63) is 0 Å². The van der Waals surface area contributed by atoms with Crippen molar-refractivity contribution in [3.63, 3.8) is 0 Å². The Morgan fingerprint density at radius 3 is 2.00 bits per heavy atom. The van der Waals surface area contributed by atoms with Crippen LogP contribution in [0.15, 0.2) is 0 Å². The Morgan fingerprint density at radius 1 is 1.67 bits per heavy atom. The third-order valence-electron chi connectivity index (χ3n) is 0.896. The maximum Gasteiger partial charge on any atom is 0.328 e. The van der Waals surface area contributed by atoms with E-state index in [2.05, 4.69) is 18.4 Å². The molecule has 5 heteroatoms. The maximum absolute atomic E-state index is 10.2. The van der Waals surface area contributed by atoms with E-state index < -0.39 is 16.6 Å². The van der Waals surface area contributed by atoms with Crippen LogP contribution in [0.4, 0.5) is 0 Å². The number of rotatable bonds is 2. The van der Waals surface area contributed by atoms with Gasteiger partial charge in [0.1, 0.15) is 0 Å². The number of carbonyl (C=O) groups excluding carboxylic acids is 1. The van der Waals surface area contributed by atoms with Gasteiger partial charge in [-0.05, 0) is 6.92 Å². The van der Waals surface area contributed by atoms with Crippen molar-refractivity contribution in [1.82, 2.24) is 0 Å². The fourth-order valence-corrected chi connectivity index (χ4v) is 0.105. The summed E-state index contributed by atoms with van der Waals surface area (Å²) in [6.07, 6.45) is 0. The lowest BCUT2D eigenvalue weighted by Gasteiger charge is -2.11. The lowest BCUT2D eigenvalue weighted by atomic mass is 10.1. The molecule has 1 amide bonds. The SMILES string of the molecule is CC(S)(C(N)=O)C(=O)O. The molecule has 0 bridgehead atoms. The number of carboxylic acids is 1. The van der Waals surface area contributed by atoms with Crippen molar-refractivity contribution in [2.24, 2.45) is 5.73 Å². The summed E-state index contributed by atoms with van der Waals surface area (Å²) in [5.41, 5.74) is 4.68. The van der Waals surface area contributed by atoms with E-state index in [0.717, 1.165) is 6.92 Å². The summed E-state index contributed by atoms with van der Waals surface area (Å²) in [4.78, 5) is 20.3. The van der Waals surface area contributed by atoms with Crippen molar-refractivity contribution in [2.75, 3.05) is 0 Å². The van der Waals surface area contributed by atoms with Crippen LogP contribution in [0.2, 0.25) is 0 Å². The molecular formula is C4H7NO3S. The Kier molecular flexibility index (Phi) is 2.08. The van der Waals surface area contributed by atoms with Crippen molar-refractivity contribution < 1.29 is 14.7 Å². The molecule has 9 heavy (non-hydrogen) atoms. The number of carboxylic acid groups (broad SMARTS) is 1. The minimum absolute atomic E-state index is 0.960. The number of amides is 1. The fourth-order valence-electron chi connectivity index (χ4n) is 0.105. The van der Waals surface area contributed by atoms with E-state index in [1.807, 2.05) is 0 Å². The fraction of sp³-hybridized carbons (Fsp3) is 0.500. The van der Waals surface area contributed by atoms with Crippen molar-refractivity contribution in [3.8, 4) is 0 Å². The third-order valence-corrected chi connectivity index (χ3v) is 1.31. The summed E-state index contributed by atoms with van der Waals surface area (Å²) >= 11 is 3.50. The van der Waals surface area contributed by atoms with Crippen LogP contribution in [0.3, 0.4) is 0 Å². The van der Waals surface area contributed by atoms with Gasteiger partial charge in [-0.2, -0.15) is 12.6 Å². The van der Waals surface area contributed by atoms with Gasteiger partial charge in [0.2, 0.25) is 5.91 Å². The molecule has 0 aliphatic heterocycles. The van der Waals surface area contributed by atoms with Crippen LogP contribution in [-0.4, -0.2) is 21.7 Å². The van der Waals surface area contributed by atoms with E-state index in [9.17, 15) is 9.59 Å². The summed E-state index contributed by atoms with van der Waals surface area (Å²) in [5, 5.41) is 8.23. The highest BCUT2D eigenvalue weighted by Crippen LogP contribution is 2.11. The van der Waals surface area contributed by atoms with E-state index in [-0.39, 0.29) is 0 Å². The highest BCUT2D eigenvalue weighted by atomic mass is 32.1. The number of primary amides is 1. The van der Waals surface area contributed by atoms with E-state index >= 15 is 0 Å². The molecule has 0 heterocycles. The van der Waals surface area contributed by atoms with Crippen LogP contribution >= 0.6 is 12.6 Å². The van der Waals surface area contributed by atoms with Gasteiger partial charge in [-0.15, -0.1) is 0 Å². The summed E-state index contributed by atoms with van der Waals surface area (Å²) in [6, 6.07) is 0. The Bertz CT molecular complexity index is 138. The van der Waals surface area contributed by atoms with Crippen molar-refractivity contribution in [1.29, 1.82) is 0 Å². The quantitative estimate of drug-likeness (QED) is 0.357. The van der Waals surface area contributed by atoms with Gasteiger partial charge in [-0.1, -0.05) is 0 Å². The molecule has 1 atom stereocenters. The highest BCUT2D eigenvalue weighted by molar-refractivity contribution is 7.83. The van der Waals surface area contributed by atoms with Crippen LogP contribution in [-0.2, 0) is 9.59 Å². The zero-order valence-electron chi connectivity index (χ0n) is 4.79. The number of thiol groups is 1. The predicted molar refractivity (Wildman–Crippen MR) is 34.2 cm³/mol. The second kappa shape index (κ2) is 2.26. The standard InChI is InChI=1S/C4H7NO3S/c1-4(9,2(5)6)3(7)8/h9H,1H3,(H2,5,6)(H,7,8). The number of hydrogen-bond acceptors (Lipinski definition) is 3. The first-order valence-electron chi connectivity index (χ1n) is 2.14. The topological polar surface area (TPSA) is 80.4 Å². The number of aliphatic carboxylic acids is 1. The molecule has 52 valence electrons. The van der Waals surface area contributed by atoms with E-state index in [1.54, 1.807) is 0 Å². The van der Waals surface area contributed by atoms with Gasteiger partial charge in [0.25, 0.3) is 0 Å². The monoisotopic (exact) mass is 149 g/mol. The Labute approximate surface area is 57.4 Å². The predicted octanol–water partition coefficient (Wildman–Crippen LogP) is -0.755. The zero-order valence-corrected chi connectivity index (χ0v) is 5.68. The largest absolute Gasteiger partial charge is 0.480 e. The molecule has 0 rings (SSSR count). The summed E-state index contributed by atoms with van der Waals surface area (Å²) in [5.74, 6) is -2.29. The Morgan fingerprint density at radius 2 is 2.00 bits per heavy atom. The first-order valence-corrected chi connectivity index (χ1v) is 2.59. The molecule has 0 aromatic carbocycles. The molecule has 0 saturated carbocycles. The number of hydrogen-bond donors (Lipinski definition) is 3. The highest BCUT2D eigenvalue weighted by Gasteiger charge is 2.34. The van der Waals surface area contributed by atoms with E-state index in [1.165, 1.54) is 0 Å². The lowest BCUT2D eigenvalue weighted by Crippen LogP contribution is -2.42. The summed E-state index contributed by atoms with van der Waals surface area (Å²) < 4.78 is -1.75. The van der Waals surface area contributed by atoms with Crippen LogP contribution in [0.5, 0.6) is 0 Å². The smallest absolute Gasteiger partial charge is 0.328 e. The molecule has 0 aromatic heterocycles. The number of carbonyl (C=O) groups is 2. The molecule has 4 nitrogen and oxygen atoms in total. The second-order valence-corrected chi connectivity index (χ2v) is 2.64. The Balaban J connectivity index is 4.38. The minimum atomic E-state index is -1.75. The van der Waals surface area contributed by atoms with Crippen LogP contribution in [0.25, 0.3) is 0 Å². The van der Waals surface area contributed by atoms with Gasteiger partial charge < -0.3 is 10.8 Å². The minimum Gasteiger partial charge on any atom is -0.480 e. The van der Waals surface area contributed by atoms with Gasteiger partial charge in [-0.3, -0.25) is 9.59 Å². The molecular weight excluding hydrogens is 142 g/mol. The van der Waals surface area contributed by atoms with Gasteiger partial charge >= 0.3 is 5.97 Å². The molecule has 0 aliphatic rings. The summed E-state index contributed by atoms with van der Waals surface area (Å²) in [6.45, 7) is 1.13. The van der Waals surface area contributed by atoms with Gasteiger partial charge in [0, 0.05) is 0 Å². The third kappa shape index (κ3) is 1.60. The van der Waals surface area contributed by atoms with E-state index in [0.29, 0.717) is 0 Å². The van der Waals surface area contributed by atoms with Gasteiger partial charge in [-0.25, -0.2) is 0 Å². The van der Waals surface area contributed by atoms with Crippen molar-refractivity contribution >= 4 is 24.5 Å². The maximum atomic E-state index is 10.2. The first-order chi connectivity index (χ1) is 3.89. The van der Waals surface area contributed by atoms with Crippen LogP contribution < -0.4 is 5.73 Å². The molecule has 0 spiro atoms. The average Bonchev–Trinajstić information content (AvgIpc) is 1.65.